The molecule has 6 nitrogen and oxygen atoms in total. The predicted octanol–water partition coefficient (Wildman–Crippen LogP) is 1.98. The van der Waals surface area contributed by atoms with Gasteiger partial charge in [-0.25, -0.2) is 0 Å². The molecule has 0 saturated heterocycles. The Bertz CT molecular complexity index is 564. The van der Waals surface area contributed by atoms with E-state index in [2.05, 4.69) is 50.2 Å². The summed E-state index contributed by atoms with van der Waals surface area (Å²) in [5.41, 5.74) is 0. The van der Waals surface area contributed by atoms with Crippen molar-refractivity contribution in [3.8, 4) is 0 Å². The molecular weight excluding hydrogens is 286 g/mol. The maximum absolute atomic E-state index is 5.05. The second-order valence-electron chi connectivity index (χ2n) is 4.93. The molecule has 2 rings (SSSR count). The average Bonchev–Trinajstić information content (AvgIpc) is 3.11. The highest BCUT2D eigenvalue weighted by atomic mass is 32.1. The average molecular weight is 307 g/mol. The number of hydrogen-bond acceptors (Lipinski definition) is 5. The summed E-state index contributed by atoms with van der Waals surface area (Å²) in [7, 11) is 1.75. The van der Waals surface area contributed by atoms with E-state index in [0.29, 0.717) is 24.2 Å². The number of nitrogens with one attached hydrogen (secondary N) is 2. The van der Waals surface area contributed by atoms with Crippen LogP contribution < -0.4 is 10.6 Å². The lowest BCUT2D eigenvalue weighted by molar-refractivity contribution is 0.371. The van der Waals surface area contributed by atoms with Gasteiger partial charge in [0.25, 0.3) is 0 Å². The monoisotopic (exact) mass is 307 g/mol. The highest BCUT2D eigenvalue weighted by Crippen LogP contribution is 2.13. The molecule has 0 amide bonds. The first-order valence-electron chi connectivity index (χ1n) is 6.93. The lowest BCUT2D eigenvalue weighted by Gasteiger charge is -2.14. The molecule has 1 atom stereocenters. The number of aryl methyl sites for hydroxylation is 1. The van der Waals surface area contributed by atoms with E-state index in [9.17, 15) is 0 Å². The fraction of sp³-hybridized carbons (Fsp3) is 0.500. The third kappa shape index (κ3) is 5.18. The summed E-state index contributed by atoms with van der Waals surface area (Å²) in [4.78, 5) is 9.74. The van der Waals surface area contributed by atoms with Crippen molar-refractivity contribution in [1.29, 1.82) is 0 Å². The van der Waals surface area contributed by atoms with E-state index in [1.807, 2.05) is 0 Å². The number of thiophene rings is 1. The van der Waals surface area contributed by atoms with Crippen molar-refractivity contribution >= 4 is 17.3 Å². The number of aromatic nitrogens is 2. The number of nitrogens with zero attached hydrogens (tertiary/aromatic N) is 3. The smallest absolute Gasteiger partial charge is 0.246 e. The Morgan fingerprint density at radius 2 is 2.33 bits per heavy atom. The van der Waals surface area contributed by atoms with Crippen LogP contribution >= 0.6 is 11.3 Å². The zero-order chi connectivity index (χ0) is 15.1. The van der Waals surface area contributed by atoms with Crippen LogP contribution in [0.3, 0.4) is 0 Å². The summed E-state index contributed by atoms with van der Waals surface area (Å²) in [6.45, 7) is 5.36. The van der Waals surface area contributed by atoms with Crippen LogP contribution in [0.5, 0.6) is 0 Å². The molecule has 2 aromatic rings. The molecule has 0 radical (unpaired) electrons. The van der Waals surface area contributed by atoms with Gasteiger partial charge >= 0.3 is 0 Å². The van der Waals surface area contributed by atoms with Crippen LogP contribution in [0.4, 0.5) is 0 Å². The van der Waals surface area contributed by atoms with Gasteiger partial charge in [0.05, 0.1) is 6.54 Å². The largest absolute Gasteiger partial charge is 0.356 e. The minimum absolute atomic E-state index is 0.472. The van der Waals surface area contributed by atoms with Crippen molar-refractivity contribution in [3.63, 3.8) is 0 Å². The minimum Gasteiger partial charge on any atom is -0.356 e. The predicted molar refractivity (Wildman–Crippen MR) is 84.4 cm³/mol. The highest BCUT2D eigenvalue weighted by molar-refractivity contribution is 7.09. The Morgan fingerprint density at radius 3 is 2.95 bits per heavy atom. The van der Waals surface area contributed by atoms with Gasteiger partial charge in [-0.15, -0.1) is 11.3 Å². The van der Waals surface area contributed by atoms with Gasteiger partial charge in [0.2, 0.25) is 5.89 Å². The second kappa shape index (κ2) is 7.78. The molecule has 21 heavy (non-hydrogen) atoms. The van der Waals surface area contributed by atoms with Crippen molar-refractivity contribution in [1.82, 2.24) is 20.8 Å². The summed E-state index contributed by atoms with van der Waals surface area (Å²) >= 11 is 1.80. The standard InChI is InChI=1S/C14H21N5OS/c1-10(7-12-5-4-6-21-12)8-16-14(15-3)17-9-13-18-11(2)19-20-13/h4-6,10H,7-9H2,1-3H3,(H2,15,16,17). The van der Waals surface area contributed by atoms with Crippen LogP contribution in [0.25, 0.3) is 0 Å². The van der Waals surface area contributed by atoms with Crippen LogP contribution in [0.15, 0.2) is 27.0 Å². The lowest BCUT2D eigenvalue weighted by atomic mass is 10.1. The first kappa shape index (κ1) is 15.5. The van der Waals surface area contributed by atoms with Gasteiger partial charge in [0, 0.05) is 18.5 Å². The molecule has 0 aliphatic rings. The number of hydrogen-bond donors (Lipinski definition) is 2. The zero-order valence-electron chi connectivity index (χ0n) is 12.6. The molecule has 0 saturated carbocycles. The Morgan fingerprint density at radius 1 is 1.48 bits per heavy atom. The summed E-state index contributed by atoms with van der Waals surface area (Å²) in [5.74, 6) is 2.47. The summed E-state index contributed by atoms with van der Waals surface area (Å²) in [6, 6.07) is 4.26. The number of rotatable bonds is 6. The molecule has 2 N–H and O–H groups in total. The number of aliphatic imine (C=N–C) groups is 1. The molecule has 0 aliphatic carbocycles. The summed E-state index contributed by atoms with van der Waals surface area (Å²) in [5, 5.41) is 12.3. The third-order valence-corrected chi connectivity index (χ3v) is 3.85. The van der Waals surface area contributed by atoms with E-state index in [1.165, 1.54) is 4.88 Å². The van der Waals surface area contributed by atoms with Crippen LogP contribution in [-0.2, 0) is 13.0 Å². The SMILES string of the molecule is CN=C(NCc1nc(C)no1)NCC(C)Cc1cccs1. The third-order valence-electron chi connectivity index (χ3n) is 2.95. The van der Waals surface area contributed by atoms with E-state index in [1.54, 1.807) is 25.3 Å². The van der Waals surface area contributed by atoms with E-state index >= 15 is 0 Å². The summed E-state index contributed by atoms with van der Waals surface area (Å²) in [6.07, 6.45) is 1.07. The highest BCUT2D eigenvalue weighted by Gasteiger charge is 2.07. The van der Waals surface area contributed by atoms with Gasteiger partial charge < -0.3 is 15.2 Å². The van der Waals surface area contributed by atoms with E-state index in [-0.39, 0.29) is 0 Å². The molecule has 0 bridgehead atoms. The molecule has 0 spiro atoms. The summed E-state index contributed by atoms with van der Waals surface area (Å²) < 4.78 is 5.05. The van der Waals surface area contributed by atoms with E-state index in [0.717, 1.165) is 18.9 Å². The van der Waals surface area contributed by atoms with Crippen molar-refractivity contribution in [2.24, 2.45) is 10.9 Å². The molecule has 0 aromatic carbocycles. The molecule has 2 heterocycles. The molecule has 2 aromatic heterocycles. The van der Waals surface area contributed by atoms with Gasteiger partial charge in [-0.1, -0.05) is 18.1 Å². The lowest BCUT2D eigenvalue weighted by Crippen LogP contribution is -2.39. The van der Waals surface area contributed by atoms with Gasteiger partial charge in [-0.3, -0.25) is 4.99 Å². The zero-order valence-corrected chi connectivity index (χ0v) is 13.4. The maximum atomic E-state index is 5.05. The topological polar surface area (TPSA) is 75.3 Å². The second-order valence-corrected chi connectivity index (χ2v) is 5.96. The maximum Gasteiger partial charge on any atom is 0.246 e. The molecule has 0 fully saturated rings. The van der Waals surface area contributed by atoms with E-state index in [4.69, 9.17) is 4.52 Å². The molecule has 114 valence electrons. The van der Waals surface area contributed by atoms with Crippen molar-refractivity contribution < 1.29 is 4.52 Å². The minimum atomic E-state index is 0.472. The Balaban J connectivity index is 1.72. The first-order chi connectivity index (χ1) is 10.2. The van der Waals surface area contributed by atoms with Gasteiger partial charge in [0.15, 0.2) is 11.8 Å². The molecule has 0 aliphatic heterocycles. The first-order valence-corrected chi connectivity index (χ1v) is 7.81. The van der Waals surface area contributed by atoms with Crippen LogP contribution in [-0.4, -0.2) is 29.7 Å². The van der Waals surface area contributed by atoms with Crippen molar-refractivity contribution in [3.05, 3.63) is 34.1 Å². The Labute approximate surface area is 128 Å². The quantitative estimate of drug-likeness (QED) is 0.630. The van der Waals surface area contributed by atoms with Gasteiger partial charge in [0.1, 0.15) is 0 Å². The molecule has 7 heteroatoms. The Kier molecular flexibility index (Phi) is 5.74. The van der Waals surface area contributed by atoms with Gasteiger partial charge in [-0.05, 0) is 30.7 Å². The fourth-order valence-corrected chi connectivity index (χ4v) is 2.78. The normalized spacial score (nSPS) is 13.2. The van der Waals surface area contributed by atoms with Crippen LogP contribution in [0, 0.1) is 12.8 Å². The molecular formula is C14H21N5OS. The van der Waals surface area contributed by atoms with E-state index < -0.39 is 0 Å². The van der Waals surface area contributed by atoms with Crippen molar-refractivity contribution in [2.45, 2.75) is 26.8 Å². The van der Waals surface area contributed by atoms with Gasteiger partial charge in [-0.2, -0.15) is 4.98 Å². The Hall–Kier alpha value is -1.89. The molecule has 1 unspecified atom stereocenters. The van der Waals surface area contributed by atoms with Crippen LogP contribution in [0.1, 0.15) is 23.5 Å². The fourth-order valence-electron chi connectivity index (χ4n) is 1.91. The van der Waals surface area contributed by atoms with Crippen molar-refractivity contribution in [2.75, 3.05) is 13.6 Å². The van der Waals surface area contributed by atoms with Crippen LogP contribution in [0.2, 0.25) is 0 Å². The number of guanidine groups is 1.